The fourth-order valence-corrected chi connectivity index (χ4v) is 5.15. The highest BCUT2D eigenvalue weighted by molar-refractivity contribution is 7.99. The van der Waals surface area contributed by atoms with E-state index in [1.54, 1.807) is 6.07 Å². The first-order chi connectivity index (χ1) is 15.0. The summed E-state index contributed by atoms with van der Waals surface area (Å²) in [6.07, 6.45) is 1.53. The van der Waals surface area contributed by atoms with Crippen molar-refractivity contribution in [1.29, 1.82) is 0 Å². The number of rotatable bonds is 13. The van der Waals surface area contributed by atoms with Gasteiger partial charge in [0.2, 0.25) is 0 Å². The Labute approximate surface area is 191 Å². The van der Waals surface area contributed by atoms with Crippen LogP contribution in [0, 0.1) is 0 Å². The van der Waals surface area contributed by atoms with Gasteiger partial charge >= 0.3 is 4.87 Å². The van der Waals surface area contributed by atoms with Gasteiger partial charge in [0.05, 0.1) is 10.8 Å². The zero-order chi connectivity index (χ0) is 22.1. The Balaban J connectivity index is 1.26. The van der Waals surface area contributed by atoms with Crippen LogP contribution in [0.15, 0.2) is 47.3 Å². The van der Waals surface area contributed by atoms with Crippen molar-refractivity contribution < 1.29 is 10.2 Å². The number of fused-ring (bicyclic) bond motifs is 1. The van der Waals surface area contributed by atoms with Crippen LogP contribution < -0.4 is 10.2 Å². The van der Waals surface area contributed by atoms with Crippen LogP contribution in [-0.4, -0.2) is 64.8 Å². The number of H-pyrrole nitrogens is 1. The molecule has 31 heavy (non-hydrogen) atoms. The Kier molecular flexibility index (Phi) is 9.42. The molecule has 0 fully saturated rings. The third kappa shape index (κ3) is 7.36. The molecule has 8 heteroatoms. The van der Waals surface area contributed by atoms with E-state index in [-0.39, 0.29) is 10.6 Å². The van der Waals surface area contributed by atoms with Gasteiger partial charge in [-0.1, -0.05) is 47.7 Å². The van der Waals surface area contributed by atoms with E-state index in [1.165, 1.54) is 11.6 Å². The molecule has 3 aromatic rings. The van der Waals surface area contributed by atoms with E-state index < -0.39 is 6.10 Å². The van der Waals surface area contributed by atoms with Crippen LogP contribution in [0.3, 0.4) is 0 Å². The number of likely N-dealkylation sites (N-methyl/N-ethyl adjacent to an activating group) is 1. The van der Waals surface area contributed by atoms with Crippen LogP contribution in [0.1, 0.15) is 23.7 Å². The number of aliphatic hydroxyl groups is 1. The first-order valence-corrected chi connectivity index (χ1v) is 12.6. The Morgan fingerprint density at radius 1 is 1.16 bits per heavy atom. The Hall–Kier alpha value is -1.84. The van der Waals surface area contributed by atoms with E-state index in [1.807, 2.05) is 11.8 Å². The normalized spacial score (nSPS) is 12.6. The fraction of sp³-hybridized carbons (Fsp3) is 0.435. The molecule has 2 aromatic carbocycles. The van der Waals surface area contributed by atoms with Crippen molar-refractivity contribution in [1.82, 2.24) is 15.2 Å². The summed E-state index contributed by atoms with van der Waals surface area (Å²) in [5.41, 5.74) is 2.45. The van der Waals surface area contributed by atoms with E-state index in [0.29, 0.717) is 22.3 Å². The quantitative estimate of drug-likeness (QED) is 0.292. The third-order valence-electron chi connectivity index (χ3n) is 5.16. The van der Waals surface area contributed by atoms with Gasteiger partial charge in [-0.2, -0.15) is 11.8 Å². The SMILES string of the molecule is CN(CCCSCCNC[C@H](O)c1ccc(O)c2[nH]c(=O)sc12)CCc1ccccc1. The van der Waals surface area contributed by atoms with Gasteiger partial charge in [0, 0.05) is 31.0 Å². The topological polar surface area (TPSA) is 88.6 Å². The van der Waals surface area contributed by atoms with Gasteiger partial charge in [-0.25, -0.2) is 0 Å². The van der Waals surface area contributed by atoms with Gasteiger partial charge in [0.1, 0.15) is 11.3 Å². The molecular weight excluding hydrogens is 430 g/mol. The minimum Gasteiger partial charge on any atom is -0.506 e. The van der Waals surface area contributed by atoms with Crippen molar-refractivity contribution >= 4 is 33.3 Å². The van der Waals surface area contributed by atoms with E-state index in [9.17, 15) is 15.0 Å². The molecule has 0 amide bonds. The summed E-state index contributed by atoms with van der Waals surface area (Å²) in [4.78, 5) is 16.4. The van der Waals surface area contributed by atoms with Crippen molar-refractivity contribution in [2.24, 2.45) is 0 Å². The second-order valence-corrected chi connectivity index (χ2v) is 9.83. The van der Waals surface area contributed by atoms with Gasteiger partial charge in [-0.15, -0.1) is 0 Å². The summed E-state index contributed by atoms with van der Waals surface area (Å²) < 4.78 is 0.616. The second kappa shape index (κ2) is 12.3. The fourth-order valence-electron chi connectivity index (χ4n) is 3.41. The number of phenolic OH excluding ortho intramolecular Hbond substituents is 1. The van der Waals surface area contributed by atoms with E-state index in [0.717, 1.165) is 55.3 Å². The summed E-state index contributed by atoms with van der Waals surface area (Å²) in [6, 6.07) is 13.8. The van der Waals surface area contributed by atoms with Crippen LogP contribution in [0.5, 0.6) is 5.75 Å². The van der Waals surface area contributed by atoms with E-state index in [2.05, 4.69) is 52.6 Å². The van der Waals surface area contributed by atoms with Crippen molar-refractivity contribution in [3.8, 4) is 5.75 Å². The van der Waals surface area contributed by atoms with Crippen LogP contribution in [0.2, 0.25) is 0 Å². The molecule has 0 saturated carbocycles. The minimum absolute atomic E-state index is 0.0272. The summed E-state index contributed by atoms with van der Waals surface area (Å²) in [5, 5.41) is 23.6. The zero-order valence-electron chi connectivity index (χ0n) is 17.8. The predicted octanol–water partition coefficient (Wildman–Crippen LogP) is 3.22. The van der Waals surface area contributed by atoms with Crippen molar-refractivity contribution in [3.05, 3.63) is 63.3 Å². The molecule has 168 valence electrons. The lowest BCUT2D eigenvalue weighted by atomic mass is 10.1. The highest BCUT2D eigenvalue weighted by atomic mass is 32.2. The molecule has 0 bridgehead atoms. The number of phenols is 1. The predicted molar refractivity (Wildman–Crippen MR) is 132 cm³/mol. The Bertz CT molecular complexity index is 991. The van der Waals surface area contributed by atoms with Crippen LogP contribution >= 0.6 is 23.1 Å². The molecule has 1 atom stereocenters. The Morgan fingerprint density at radius 2 is 1.97 bits per heavy atom. The van der Waals surface area contributed by atoms with Crippen molar-refractivity contribution in [2.75, 3.05) is 44.7 Å². The first-order valence-electron chi connectivity index (χ1n) is 10.6. The highest BCUT2D eigenvalue weighted by Crippen LogP contribution is 2.31. The molecule has 0 aliphatic carbocycles. The second-order valence-electron chi connectivity index (χ2n) is 7.62. The molecule has 6 nitrogen and oxygen atoms in total. The summed E-state index contributed by atoms with van der Waals surface area (Å²) in [7, 11) is 2.18. The summed E-state index contributed by atoms with van der Waals surface area (Å²) >= 11 is 2.93. The average Bonchev–Trinajstić information content (AvgIpc) is 3.17. The average molecular weight is 462 g/mol. The third-order valence-corrected chi connectivity index (χ3v) is 7.16. The zero-order valence-corrected chi connectivity index (χ0v) is 19.5. The number of aromatic amines is 1. The van der Waals surface area contributed by atoms with Gasteiger partial charge in [0.15, 0.2) is 0 Å². The highest BCUT2D eigenvalue weighted by Gasteiger charge is 2.15. The molecule has 0 unspecified atom stereocenters. The molecule has 4 N–H and O–H groups in total. The maximum atomic E-state index is 11.6. The lowest BCUT2D eigenvalue weighted by Crippen LogP contribution is -2.24. The number of thioether (sulfide) groups is 1. The molecule has 1 aromatic heterocycles. The number of benzene rings is 2. The standard InChI is InChI=1S/C23H31N3O3S2/c1-26(13-10-17-6-3-2-4-7-17)12-5-14-30-15-11-24-16-20(28)18-8-9-19(27)21-22(18)31-23(29)25-21/h2-4,6-9,20,24,27-28H,5,10-16H2,1H3,(H,25,29)/t20-/m0/s1. The number of aromatic hydroxyl groups is 1. The monoisotopic (exact) mass is 461 g/mol. The molecule has 3 rings (SSSR count). The van der Waals surface area contributed by atoms with Crippen molar-refractivity contribution in [2.45, 2.75) is 18.9 Å². The number of nitrogens with one attached hydrogen (secondary N) is 2. The number of hydrogen-bond acceptors (Lipinski definition) is 7. The maximum Gasteiger partial charge on any atom is 0.305 e. The number of nitrogens with zero attached hydrogens (tertiary/aromatic N) is 1. The van der Waals surface area contributed by atoms with Crippen LogP contribution in [0.25, 0.3) is 10.2 Å². The number of aromatic nitrogens is 1. The molecule has 1 heterocycles. The largest absolute Gasteiger partial charge is 0.506 e. The van der Waals surface area contributed by atoms with Crippen LogP contribution in [-0.2, 0) is 6.42 Å². The van der Waals surface area contributed by atoms with E-state index in [4.69, 9.17) is 0 Å². The molecule has 0 saturated heterocycles. The number of hydrogen-bond donors (Lipinski definition) is 4. The number of aliphatic hydroxyl groups excluding tert-OH is 1. The molecule has 0 aliphatic rings. The first kappa shape index (κ1) is 23.8. The van der Waals surface area contributed by atoms with E-state index >= 15 is 0 Å². The molecule has 0 aliphatic heterocycles. The van der Waals surface area contributed by atoms with Crippen molar-refractivity contribution in [3.63, 3.8) is 0 Å². The minimum atomic E-state index is -0.724. The van der Waals surface area contributed by atoms with Crippen LogP contribution in [0.4, 0.5) is 0 Å². The van der Waals surface area contributed by atoms with Gasteiger partial charge in [-0.05, 0) is 43.8 Å². The maximum absolute atomic E-state index is 11.6. The van der Waals surface area contributed by atoms with Gasteiger partial charge in [0.25, 0.3) is 0 Å². The van der Waals surface area contributed by atoms with Gasteiger partial charge < -0.3 is 25.4 Å². The Morgan fingerprint density at radius 3 is 2.77 bits per heavy atom. The van der Waals surface area contributed by atoms with Gasteiger partial charge in [-0.3, -0.25) is 4.79 Å². The molecule has 0 spiro atoms. The lowest BCUT2D eigenvalue weighted by molar-refractivity contribution is 0.177. The summed E-state index contributed by atoms with van der Waals surface area (Å²) in [5.74, 6) is 2.14. The number of thiazole rings is 1. The molecule has 0 radical (unpaired) electrons. The lowest BCUT2D eigenvalue weighted by Gasteiger charge is -2.16. The summed E-state index contributed by atoms with van der Waals surface area (Å²) in [6.45, 7) is 3.40. The smallest absolute Gasteiger partial charge is 0.305 e. The molecular formula is C23H31N3O3S2.